The molecule has 0 aliphatic carbocycles. The first-order valence-electron chi connectivity index (χ1n) is 11.4. The van der Waals surface area contributed by atoms with Crippen LogP contribution in [0.5, 0.6) is 0 Å². The van der Waals surface area contributed by atoms with Crippen LogP contribution in [0.15, 0.2) is 72.3 Å². The van der Waals surface area contributed by atoms with E-state index >= 15 is 0 Å². The van der Waals surface area contributed by atoms with Crippen LogP contribution in [0.25, 0.3) is 0 Å². The van der Waals surface area contributed by atoms with Crippen molar-refractivity contribution in [3.05, 3.63) is 72.3 Å². The van der Waals surface area contributed by atoms with Crippen molar-refractivity contribution in [2.24, 2.45) is 5.92 Å². The van der Waals surface area contributed by atoms with Crippen molar-refractivity contribution >= 4 is 24.7 Å². The standard InChI is InChI=1S/C27H38O3Si/c1-7-23(26(28)29-8-2)21-22(3)19-20-30-31(27(4,5)6,24-15-11-9-12-16-24)25-17-13-10-14-18-25/h9-18,21-22H,7-8,19-20H2,1-6H3/b23-21-/t22-/m1/s1. The maximum Gasteiger partial charge on any atom is 0.333 e. The highest BCUT2D eigenvalue weighted by Crippen LogP contribution is 2.37. The molecule has 0 radical (unpaired) electrons. The summed E-state index contributed by atoms with van der Waals surface area (Å²) in [6.07, 6.45) is 3.58. The number of benzene rings is 2. The van der Waals surface area contributed by atoms with Crippen molar-refractivity contribution < 1.29 is 14.0 Å². The Morgan fingerprint density at radius 1 is 0.968 bits per heavy atom. The number of rotatable bonds is 10. The Morgan fingerprint density at radius 3 is 1.90 bits per heavy atom. The number of esters is 1. The Kier molecular flexibility index (Phi) is 9.26. The lowest BCUT2D eigenvalue weighted by molar-refractivity contribution is -0.138. The summed E-state index contributed by atoms with van der Waals surface area (Å²) in [6.45, 7) is 13.9. The van der Waals surface area contributed by atoms with Crippen molar-refractivity contribution in [2.75, 3.05) is 13.2 Å². The summed E-state index contributed by atoms with van der Waals surface area (Å²) in [4.78, 5) is 12.1. The van der Waals surface area contributed by atoms with E-state index in [1.807, 2.05) is 19.9 Å². The Bertz CT molecular complexity index is 798. The van der Waals surface area contributed by atoms with Crippen molar-refractivity contribution in [1.29, 1.82) is 0 Å². The summed E-state index contributed by atoms with van der Waals surface area (Å²) in [5.41, 5.74) is 0.750. The largest absolute Gasteiger partial charge is 0.463 e. The van der Waals surface area contributed by atoms with E-state index < -0.39 is 8.32 Å². The quantitative estimate of drug-likeness (QED) is 0.280. The Labute approximate surface area is 189 Å². The molecule has 0 saturated heterocycles. The second kappa shape index (κ2) is 11.4. The minimum atomic E-state index is -2.51. The molecule has 0 unspecified atom stereocenters. The molecule has 0 aliphatic heterocycles. The predicted molar refractivity (Wildman–Crippen MR) is 132 cm³/mol. The molecule has 0 aliphatic rings. The summed E-state index contributed by atoms with van der Waals surface area (Å²) in [7, 11) is -2.51. The van der Waals surface area contributed by atoms with E-state index in [1.165, 1.54) is 10.4 Å². The molecular weight excluding hydrogens is 400 g/mol. The maximum absolute atomic E-state index is 12.1. The van der Waals surface area contributed by atoms with Gasteiger partial charge in [-0.05, 0) is 41.1 Å². The molecule has 0 aromatic heterocycles. The predicted octanol–water partition coefficient (Wildman–Crippen LogP) is 5.49. The van der Waals surface area contributed by atoms with Gasteiger partial charge in [-0.2, -0.15) is 0 Å². The van der Waals surface area contributed by atoms with Gasteiger partial charge in [0.05, 0.1) is 6.61 Å². The molecule has 2 aromatic rings. The summed E-state index contributed by atoms with van der Waals surface area (Å²) in [6, 6.07) is 21.4. The van der Waals surface area contributed by atoms with Gasteiger partial charge >= 0.3 is 5.97 Å². The van der Waals surface area contributed by atoms with Gasteiger partial charge in [0, 0.05) is 12.2 Å². The van der Waals surface area contributed by atoms with Gasteiger partial charge in [0.15, 0.2) is 0 Å². The van der Waals surface area contributed by atoms with Crippen molar-refractivity contribution in [2.45, 2.75) is 59.4 Å². The molecular formula is C27H38O3Si. The molecule has 2 rings (SSSR count). The second-order valence-corrected chi connectivity index (χ2v) is 13.3. The van der Waals surface area contributed by atoms with E-state index in [4.69, 9.17) is 9.16 Å². The molecule has 0 saturated carbocycles. The average Bonchev–Trinajstić information content (AvgIpc) is 2.75. The number of allylic oxidation sites excluding steroid dienone is 1. The van der Waals surface area contributed by atoms with E-state index in [9.17, 15) is 4.79 Å². The summed E-state index contributed by atoms with van der Waals surface area (Å²) in [5, 5.41) is 2.55. The van der Waals surface area contributed by atoms with Crippen molar-refractivity contribution in [1.82, 2.24) is 0 Å². The molecule has 0 heterocycles. The fourth-order valence-corrected chi connectivity index (χ4v) is 8.72. The number of carbonyl (C=O) groups is 1. The van der Waals surface area contributed by atoms with Crippen LogP contribution in [-0.4, -0.2) is 27.5 Å². The van der Waals surface area contributed by atoms with Crippen LogP contribution in [0.1, 0.15) is 54.4 Å². The third kappa shape index (κ3) is 6.17. The highest BCUT2D eigenvalue weighted by molar-refractivity contribution is 6.99. The van der Waals surface area contributed by atoms with Gasteiger partial charge < -0.3 is 9.16 Å². The smallest absolute Gasteiger partial charge is 0.333 e. The van der Waals surface area contributed by atoms with Gasteiger partial charge in [-0.3, -0.25) is 0 Å². The van der Waals surface area contributed by atoms with E-state index in [1.54, 1.807) is 0 Å². The molecule has 0 spiro atoms. The fraction of sp³-hybridized carbons (Fsp3) is 0.444. The number of ether oxygens (including phenoxy) is 1. The van der Waals surface area contributed by atoms with Gasteiger partial charge in [0.25, 0.3) is 8.32 Å². The molecule has 3 nitrogen and oxygen atoms in total. The molecule has 168 valence electrons. The zero-order valence-corrected chi connectivity index (χ0v) is 21.0. The fourth-order valence-electron chi connectivity index (χ4n) is 4.14. The molecule has 0 amide bonds. The van der Waals surface area contributed by atoms with Gasteiger partial charge in [0.2, 0.25) is 0 Å². The molecule has 4 heteroatoms. The van der Waals surface area contributed by atoms with Crippen LogP contribution in [0.2, 0.25) is 5.04 Å². The zero-order chi connectivity index (χ0) is 22.9. The lowest BCUT2D eigenvalue weighted by atomic mass is 10.0. The van der Waals surface area contributed by atoms with Crippen LogP contribution in [0, 0.1) is 5.92 Å². The minimum Gasteiger partial charge on any atom is -0.463 e. The van der Waals surface area contributed by atoms with Gasteiger partial charge in [0.1, 0.15) is 0 Å². The molecule has 0 bridgehead atoms. The molecule has 31 heavy (non-hydrogen) atoms. The normalized spacial score (nSPS) is 13.7. The Balaban J connectivity index is 2.30. The van der Waals surface area contributed by atoms with Gasteiger partial charge in [-0.15, -0.1) is 0 Å². The zero-order valence-electron chi connectivity index (χ0n) is 20.0. The van der Waals surface area contributed by atoms with E-state index in [-0.39, 0.29) is 16.9 Å². The first-order valence-corrected chi connectivity index (χ1v) is 13.3. The third-order valence-electron chi connectivity index (χ3n) is 5.71. The van der Waals surface area contributed by atoms with Gasteiger partial charge in [-0.1, -0.05) is 101 Å². The second-order valence-electron chi connectivity index (χ2n) is 9.04. The maximum atomic E-state index is 12.1. The van der Waals surface area contributed by atoms with Gasteiger partial charge in [-0.25, -0.2) is 4.79 Å². The average molecular weight is 439 g/mol. The van der Waals surface area contributed by atoms with E-state index in [2.05, 4.69) is 88.4 Å². The minimum absolute atomic E-state index is 0.0334. The van der Waals surface area contributed by atoms with Crippen LogP contribution < -0.4 is 10.4 Å². The van der Waals surface area contributed by atoms with Crippen LogP contribution in [0.3, 0.4) is 0 Å². The van der Waals surface area contributed by atoms with Crippen LogP contribution in [-0.2, 0) is 14.0 Å². The summed E-state index contributed by atoms with van der Waals surface area (Å²) < 4.78 is 12.1. The lowest BCUT2D eigenvalue weighted by Gasteiger charge is -2.43. The first-order chi connectivity index (χ1) is 14.8. The Hall–Kier alpha value is -2.17. The number of hydrogen-bond donors (Lipinski definition) is 0. The van der Waals surface area contributed by atoms with E-state index in [0.717, 1.165) is 12.0 Å². The number of carbonyl (C=O) groups excluding carboxylic acids is 1. The number of hydrogen-bond acceptors (Lipinski definition) is 3. The third-order valence-corrected chi connectivity index (χ3v) is 10.8. The van der Waals surface area contributed by atoms with Crippen molar-refractivity contribution in [3.8, 4) is 0 Å². The summed E-state index contributed by atoms with van der Waals surface area (Å²) in [5.74, 6) is 0.0299. The van der Waals surface area contributed by atoms with E-state index in [0.29, 0.717) is 19.6 Å². The monoisotopic (exact) mass is 438 g/mol. The first kappa shape index (κ1) is 25.1. The molecule has 2 aromatic carbocycles. The molecule has 0 fully saturated rings. The highest BCUT2D eigenvalue weighted by atomic mass is 28.4. The topological polar surface area (TPSA) is 35.5 Å². The van der Waals surface area contributed by atoms with Crippen LogP contribution >= 0.6 is 0 Å². The van der Waals surface area contributed by atoms with Crippen LogP contribution in [0.4, 0.5) is 0 Å². The highest BCUT2D eigenvalue weighted by Gasteiger charge is 2.49. The Morgan fingerprint density at radius 2 is 1.48 bits per heavy atom. The van der Waals surface area contributed by atoms with Crippen molar-refractivity contribution in [3.63, 3.8) is 0 Å². The molecule has 0 N–H and O–H groups in total. The summed E-state index contributed by atoms with van der Waals surface area (Å²) >= 11 is 0. The molecule has 1 atom stereocenters. The SMILES string of the molecule is CCOC(=O)/C(=C\[C@H](C)CCO[Si](c1ccccc1)(c1ccccc1)C(C)(C)C)CC. The lowest BCUT2D eigenvalue weighted by Crippen LogP contribution is -2.66.